The van der Waals surface area contributed by atoms with E-state index < -0.39 is 0 Å². The maximum Gasteiger partial charge on any atom is 0.257 e. The van der Waals surface area contributed by atoms with E-state index in [1.807, 2.05) is 6.07 Å². The summed E-state index contributed by atoms with van der Waals surface area (Å²) in [4.78, 5) is 29.4. The Morgan fingerprint density at radius 2 is 1.38 bits per heavy atom. The molecule has 3 rings (SSSR count). The minimum atomic E-state index is -0.123. The smallest absolute Gasteiger partial charge is 0.257 e. The van der Waals surface area contributed by atoms with E-state index in [1.54, 1.807) is 62.5 Å². The van der Waals surface area contributed by atoms with E-state index in [-0.39, 0.29) is 11.8 Å². The Kier molecular flexibility index (Phi) is 8.45. The summed E-state index contributed by atoms with van der Waals surface area (Å²) in [5, 5.41) is 0. The third-order valence-electron chi connectivity index (χ3n) is 5.95. The molecule has 0 bridgehead atoms. The molecule has 0 saturated carbocycles. The molecule has 34 heavy (non-hydrogen) atoms. The predicted molar refractivity (Wildman–Crippen MR) is 126 cm³/mol. The number of nitrogens with zero attached hydrogens (tertiary/aromatic N) is 2. The van der Waals surface area contributed by atoms with E-state index in [4.69, 9.17) is 23.7 Å². The molecule has 0 aromatic heterocycles. The Bertz CT molecular complexity index is 1020. The van der Waals surface area contributed by atoms with Crippen LogP contribution < -0.4 is 23.7 Å². The fraction of sp³-hybridized carbons (Fsp3) is 0.440. The van der Waals surface area contributed by atoms with Gasteiger partial charge in [-0.2, -0.15) is 0 Å². The summed E-state index contributed by atoms with van der Waals surface area (Å²) in [6.45, 7) is 1.87. The highest BCUT2D eigenvalue weighted by Gasteiger charge is 2.27. The largest absolute Gasteiger partial charge is 0.497 e. The third kappa shape index (κ3) is 5.30. The van der Waals surface area contributed by atoms with Crippen LogP contribution in [0.2, 0.25) is 0 Å². The molecular formula is C25H32N2O7. The van der Waals surface area contributed by atoms with Gasteiger partial charge in [0.15, 0.2) is 11.5 Å². The highest BCUT2D eigenvalue weighted by molar-refractivity contribution is 5.97. The summed E-state index contributed by atoms with van der Waals surface area (Å²) in [5.41, 5.74) is 1.34. The standard InChI is InChI=1S/C25H32N2O7/c1-30-18-8-9-19(21(16-18)32-3)25(29)27-14-12-26(13-15-27)22(28)11-7-17-6-10-20(31-2)24(34-5)23(17)33-4/h6,8-10,16H,7,11-15H2,1-5H3. The molecule has 0 radical (unpaired) electrons. The lowest BCUT2D eigenvalue weighted by molar-refractivity contribution is -0.132. The zero-order valence-corrected chi connectivity index (χ0v) is 20.4. The van der Waals surface area contributed by atoms with Gasteiger partial charge in [-0.15, -0.1) is 0 Å². The predicted octanol–water partition coefficient (Wildman–Crippen LogP) is 2.65. The van der Waals surface area contributed by atoms with Crippen molar-refractivity contribution in [3.8, 4) is 28.7 Å². The molecule has 9 heteroatoms. The van der Waals surface area contributed by atoms with Crippen molar-refractivity contribution in [2.45, 2.75) is 12.8 Å². The van der Waals surface area contributed by atoms with Gasteiger partial charge >= 0.3 is 0 Å². The van der Waals surface area contributed by atoms with Gasteiger partial charge in [-0.3, -0.25) is 9.59 Å². The number of benzene rings is 2. The van der Waals surface area contributed by atoms with Crippen LogP contribution in [0.1, 0.15) is 22.3 Å². The third-order valence-corrected chi connectivity index (χ3v) is 5.95. The number of ether oxygens (including phenoxy) is 5. The number of rotatable bonds is 9. The second-order valence-electron chi connectivity index (χ2n) is 7.73. The van der Waals surface area contributed by atoms with Crippen molar-refractivity contribution in [1.29, 1.82) is 0 Å². The summed E-state index contributed by atoms with van der Waals surface area (Å²) in [6, 6.07) is 8.81. The van der Waals surface area contributed by atoms with Crippen molar-refractivity contribution in [2.75, 3.05) is 61.7 Å². The zero-order valence-electron chi connectivity index (χ0n) is 20.4. The zero-order chi connectivity index (χ0) is 24.7. The van der Waals surface area contributed by atoms with Gasteiger partial charge in [0.1, 0.15) is 11.5 Å². The van der Waals surface area contributed by atoms with Crippen LogP contribution in [0.25, 0.3) is 0 Å². The van der Waals surface area contributed by atoms with Crippen molar-refractivity contribution in [1.82, 2.24) is 9.80 Å². The lowest BCUT2D eigenvalue weighted by Crippen LogP contribution is -2.50. The second-order valence-corrected chi connectivity index (χ2v) is 7.73. The molecule has 1 aliphatic heterocycles. The Balaban J connectivity index is 1.59. The molecule has 0 N–H and O–H groups in total. The Morgan fingerprint density at radius 3 is 1.97 bits per heavy atom. The van der Waals surface area contributed by atoms with E-state index >= 15 is 0 Å². The van der Waals surface area contributed by atoms with Gasteiger partial charge in [-0.1, -0.05) is 6.07 Å². The highest BCUT2D eigenvalue weighted by Crippen LogP contribution is 2.40. The van der Waals surface area contributed by atoms with Gasteiger partial charge in [-0.25, -0.2) is 0 Å². The summed E-state index contributed by atoms with van der Waals surface area (Å²) in [6.07, 6.45) is 0.830. The van der Waals surface area contributed by atoms with Crippen molar-refractivity contribution in [3.63, 3.8) is 0 Å². The van der Waals surface area contributed by atoms with E-state index in [1.165, 1.54) is 7.11 Å². The normalized spacial score (nSPS) is 13.3. The molecule has 1 fully saturated rings. The van der Waals surface area contributed by atoms with Crippen LogP contribution in [0.15, 0.2) is 30.3 Å². The first-order chi connectivity index (χ1) is 16.5. The Morgan fingerprint density at radius 1 is 0.735 bits per heavy atom. The maximum atomic E-state index is 13.0. The number of hydrogen-bond donors (Lipinski definition) is 0. The number of aryl methyl sites for hydroxylation is 1. The summed E-state index contributed by atoms with van der Waals surface area (Å²) >= 11 is 0. The molecule has 9 nitrogen and oxygen atoms in total. The lowest BCUT2D eigenvalue weighted by Gasteiger charge is -2.35. The number of amides is 2. The minimum Gasteiger partial charge on any atom is -0.497 e. The fourth-order valence-electron chi connectivity index (χ4n) is 4.06. The van der Waals surface area contributed by atoms with Crippen LogP contribution >= 0.6 is 0 Å². The number of carbonyl (C=O) groups is 2. The van der Waals surface area contributed by atoms with Gasteiger partial charge in [0.2, 0.25) is 11.7 Å². The molecule has 2 aromatic rings. The molecule has 0 unspecified atom stereocenters. The molecule has 1 aliphatic rings. The van der Waals surface area contributed by atoms with Crippen LogP contribution in [-0.4, -0.2) is 83.3 Å². The van der Waals surface area contributed by atoms with Crippen LogP contribution in [0, 0.1) is 0 Å². The molecule has 1 heterocycles. The fourth-order valence-corrected chi connectivity index (χ4v) is 4.06. The average molecular weight is 473 g/mol. The topological polar surface area (TPSA) is 86.8 Å². The van der Waals surface area contributed by atoms with E-state index in [0.717, 1.165) is 5.56 Å². The SMILES string of the molecule is COc1ccc(C(=O)N2CCN(C(=O)CCc3ccc(OC)c(OC)c3OC)CC2)c(OC)c1. The minimum absolute atomic E-state index is 0.0333. The van der Waals surface area contributed by atoms with Gasteiger partial charge in [0.25, 0.3) is 5.91 Å². The first kappa shape index (κ1) is 25.0. The first-order valence-corrected chi connectivity index (χ1v) is 11.0. The van der Waals surface area contributed by atoms with Crippen molar-refractivity contribution in [2.24, 2.45) is 0 Å². The quantitative estimate of drug-likeness (QED) is 0.555. The lowest BCUT2D eigenvalue weighted by atomic mass is 10.1. The molecule has 0 atom stereocenters. The molecular weight excluding hydrogens is 440 g/mol. The van der Waals surface area contributed by atoms with E-state index in [2.05, 4.69) is 0 Å². The Hall–Kier alpha value is -3.62. The van der Waals surface area contributed by atoms with Crippen LogP contribution in [0.5, 0.6) is 28.7 Å². The first-order valence-electron chi connectivity index (χ1n) is 11.0. The number of methoxy groups -OCH3 is 5. The molecule has 0 spiro atoms. The van der Waals surface area contributed by atoms with Crippen molar-refractivity contribution >= 4 is 11.8 Å². The number of carbonyl (C=O) groups excluding carboxylic acids is 2. The monoisotopic (exact) mass is 472 g/mol. The molecule has 1 saturated heterocycles. The van der Waals surface area contributed by atoms with Gasteiger partial charge in [0, 0.05) is 38.7 Å². The van der Waals surface area contributed by atoms with Crippen LogP contribution in [0.3, 0.4) is 0 Å². The van der Waals surface area contributed by atoms with E-state index in [9.17, 15) is 9.59 Å². The van der Waals surface area contributed by atoms with E-state index in [0.29, 0.717) is 73.3 Å². The molecule has 184 valence electrons. The second kappa shape index (κ2) is 11.5. The van der Waals surface area contributed by atoms with Gasteiger partial charge in [-0.05, 0) is 30.2 Å². The molecule has 2 amide bonds. The van der Waals surface area contributed by atoms with Gasteiger partial charge in [0.05, 0.1) is 41.1 Å². The highest BCUT2D eigenvalue weighted by atomic mass is 16.5. The van der Waals surface area contributed by atoms with Gasteiger partial charge < -0.3 is 33.5 Å². The molecule has 0 aliphatic carbocycles. The van der Waals surface area contributed by atoms with Crippen LogP contribution in [-0.2, 0) is 11.2 Å². The summed E-state index contributed by atoms with van der Waals surface area (Å²) < 4.78 is 26.8. The van der Waals surface area contributed by atoms with Crippen molar-refractivity contribution in [3.05, 3.63) is 41.5 Å². The number of piperazine rings is 1. The van der Waals surface area contributed by atoms with Crippen molar-refractivity contribution < 1.29 is 33.3 Å². The average Bonchev–Trinajstić information content (AvgIpc) is 2.90. The number of hydrogen-bond acceptors (Lipinski definition) is 7. The van der Waals surface area contributed by atoms with Crippen LogP contribution in [0.4, 0.5) is 0 Å². The maximum absolute atomic E-state index is 13.0. The summed E-state index contributed by atoms with van der Waals surface area (Å²) in [7, 11) is 7.77. The summed E-state index contributed by atoms with van der Waals surface area (Å²) in [5.74, 6) is 2.65. The molecule has 2 aromatic carbocycles. The Labute approximate surface area is 200 Å².